The Morgan fingerprint density at radius 1 is 1.83 bits per heavy atom. The van der Waals surface area contributed by atoms with Gasteiger partial charge < -0.3 is 10.5 Å². The third-order valence-electron chi connectivity index (χ3n) is 0.235. The highest BCUT2D eigenvalue weighted by Crippen LogP contribution is 1.77. The number of ether oxygens (including phenoxy) is 1. The molecule has 0 aliphatic carbocycles. The molecular formula is C4H7NO. The van der Waals surface area contributed by atoms with E-state index in [-0.39, 0.29) is 5.88 Å². The smallest absolute Gasteiger partial charge is 0.182 e. The Morgan fingerprint density at radius 3 is 2.33 bits per heavy atom. The van der Waals surface area contributed by atoms with Gasteiger partial charge in [-0.3, -0.25) is 0 Å². The van der Waals surface area contributed by atoms with Crippen molar-refractivity contribution >= 4 is 0 Å². The van der Waals surface area contributed by atoms with Crippen molar-refractivity contribution in [1.29, 1.82) is 0 Å². The summed E-state index contributed by atoms with van der Waals surface area (Å²) in [6.45, 7) is 6.47. The molecule has 0 heterocycles. The van der Waals surface area contributed by atoms with E-state index in [0.29, 0.717) is 0 Å². The predicted molar refractivity (Wildman–Crippen MR) is 24.6 cm³/mol. The monoisotopic (exact) mass is 85.1 g/mol. The SMILES string of the molecule is C=COC(=C)N. The van der Waals surface area contributed by atoms with Crippen molar-refractivity contribution in [3.8, 4) is 0 Å². The molecule has 0 aromatic carbocycles. The standard InChI is InChI=1S/C4H7NO/c1-3-6-4(2)5/h3H,1-2,5H2. The van der Waals surface area contributed by atoms with Crippen molar-refractivity contribution in [3.05, 3.63) is 25.3 Å². The van der Waals surface area contributed by atoms with Gasteiger partial charge in [0.05, 0.1) is 6.26 Å². The number of hydrogen-bond donors (Lipinski definition) is 1. The van der Waals surface area contributed by atoms with Crippen LogP contribution in [0.4, 0.5) is 0 Å². The van der Waals surface area contributed by atoms with Gasteiger partial charge >= 0.3 is 0 Å². The maximum Gasteiger partial charge on any atom is 0.182 e. The summed E-state index contributed by atoms with van der Waals surface area (Å²) in [4.78, 5) is 0. The minimum absolute atomic E-state index is 0.171. The van der Waals surface area contributed by atoms with Gasteiger partial charge in [0, 0.05) is 0 Å². The minimum atomic E-state index is 0.171. The van der Waals surface area contributed by atoms with Gasteiger partial charge in [0.1, 0.15) is 0 Å². The first kappa shape index (κ1) is 5.08. The van der Waals surface area contributed by atoms with Gasteiger partial charge in [-0.2, -0.15) is 0 Å². The molecule has 0 aromatic rings. The number of rotatable bonds is 2. The molecule has 0 aliphatic heterocycles. The van der Waals surface area contributed by atoms with Crippen molar-refractivity contribution in [3.63, 3.8) is 0 Å². The average Bonchev–Trinajstić information content (AvgIpc) is 1.35. The van der Waals surface area contributed by atoms with E-state index >= 15 is 0 Å². The van der Waals surface area contributed by atoms with Gasteiger partial charge in [0.25, 0.3) is 0 Å². The fourth-order valence-electron chi connectivity index (χ4n) is 0.107. The number of nitrogens with two attached hydrogens (primary N) is 1. The van der Waals surface area contributed by atoms with Gasteiger partial charge in [0.2, 0.25) is 0 Å². The van der Waals surface area contributed by atoms with E-state index in [2.05, 4.69) is 17.9 Å². The first-order valence-electron chi connectivity index (χ1n) is 1.49. The zero-order valence-electron chi connectivity index (χ0n) is 3.48. The molecule has 0 aliphatic rings. The molecule has 2 nitrogen and oxygen atoms in total. The van der Waals surface area contributed by atoms with Crippen LogP contribution in [-0.2, 0) is 4.74 Å². The first-order chi connectivity index (χ1) is 2.77. The maximum atomic E-state index is 4.92. The molecule has 34 valence electrons. The van der Waals surface area contributed by atoms with Crippen molar-refractivity contribution in [1.82, 2.24) is 0 Å². The molecule has 0 saturated heterocycles. The second-order valence-corrected chi connectivity index (χ2v) is 0.751. The lowest BCUT2D eigenvalue weighted by molar-refractivity contribution is 0.350. The highest BCUT2D eigenvalue weighted by molar-refractivity contribution is 4.74. The second-order valence-electron chi connectivity index (χ2n) is 0.751. The Hall–Kier alpha value is -0.920. The van der Waals surface area contributed by atoms with Crippen LogP contribution in [0.15, 0.2) is 25.3 Å². The van der Waals surface area contributed by atoms with Crippen LogP contribution in [0.1, 0.15) is 0 Å². The summed E-state index contributed by atoms with van der Waals surface area (Å²) in [7, 11) is 0. The lowest BCUT2D eigenvalue weighted by atomic mass is 10.9. The quantitative estimate of drug-likeness (QED) is 0.498. The molecule has 0 aromatic heterocycles. The molecule has 0 amide bonds. The normalized spacial score (nSPS) is 6.67. The van der Waals surface area contributed by atoms with Crippen LogP contribution in [0.25, 0.3) is 0 Å². The van der Waals surface area contributed by atoms with Gasteiger partial charge in [-0.25, -0.2) is 0 Å². The van der Waals surface area contributed by atoms with E-state index in [1.54, 1.807) is 0 Å². The maximum absolute atomic E-state index is 4.92. The average molecular weight is 85.1 g/mol. The Morgan fingerprint density at radius 2 is 2.33 bits per heavy atom. The first-order valence-corrected chi connectivity index (χ1v) is 1.49. The molecule has 0 radical (unpaired) electrons. The second kappa shape index (κ2) is 2.33. The Labute approximate surface area is 36.9 Å². The van der Waals surface area contributed by atoms with E-state index < -0.39 is 0 Å². The predicted octanol–water partition coefficient (Wildman–Crippen LogP) is 0.576. The Kier molecular flexibility index (Phi) is 1.97. The van der Waals surface area contributed by atoms with Gasteiger partial charge in [0.15, 0.2) is 5.88 Å². The van der Waals surface area contributed by atoms with Crippen molar-refractivity contribution in [2.24, 2.45) is 5.73 Å². The molecule has 2 N–H and O–H groups in total. The minimum Gasteiger partial charge on any atom is -0.451 e. The third kappa shape index (κ3) is 3.08. The van der Waals surface area contributed by atoms with Crippen molar-refractivity contribution < 1.29 is 4.74 Å². The zero-order chi connectivity index (χ0) is 4.99. The van der Waals surface area contributed by atoms with Crippen LogP contribution in [0.2, 0.25) is 0 Å². The number of hydrogen-bond acceptors (Lipinski definition) is 2. The third-order valence-corrected chi connectivity index (χ3v) is 0.235. The fraction of sp³-hybridized carbons (Fsp3) is 0. The van der Waals surface area contributed by atoms with E-state index in [1.165, 1.54) is 6.26 Å². The molecule has 0 saturated carbocycles. The fourth-order valence-corrected chi connectivity index (χ4v) is 0.107. The molecular weight excluding hydrogens is 78.0 g/mol. The van der Waals surface area contributed by atoms with Crippen LogP contribution in [0, 0.1) is 0 Å². The molecule has 6 heavy (non-hydrogen) atoms. The lowest BCUT2D eigenvalue weighted by Crippen LogP contribution is -1.93. The van der Waals surface area contributed by atoms with Gasteiger partial charge in [-0.15, -0.1) is 0 Å². The largest absolute Gasteiger partial charge is 0.451 e. The highest BCUT2D eigenvalue weighted by atomic mass is 16.5. The summed E-state index contributed by atoms with van der Waals surface area (Å²) >= 11 is 0. The van der Waals surface area contributed by atoms with Crippen LogP contribution in [0.3, 0.4) is 0 Å². The topological polar surface area (TPSA) is 35.2 Å². The highest BCUT2D eigenvalue weighted by Gasteiger charge is 1.69. The van der Waals surface area contributed by atoms with Crippen LogP contribution >= 0.6 is 0 Å². The molecule has 0 bridgehead atoms. The van der Waals surface area contributed by atoms with Crippen LogP contribution < -0.4 is 5.73 Å². The molecule has 0 fully saturated rings. The van der Waals surface area contributed by atoms with Crippen molar-refractivity contribution in [2.45, 2.75) is 0 Å². The van der Waals surface area contributed by atoms with Crippen molar-refractivity contribution in [2.75, 3.05) is 0 Å². The molecule has 0 rings (SSSR count). The Bertz CT molecular complexity index is 67.9. The van der Waals surface area contributed by atoms with Crippen LogP contribution in [-0.4, -0.2) is 0 Å². The zero-order valence-corrected chi connectivity index (χ0v) is 3.48. The molecule has 0 unspecified atom stereocenters. The summed E-state index contributed by atoms with van der Waals surface area (Å²) in [6.07, 6.45) is 1.22. The van der Waals surface area contributed by atoms with Crippen LogP contribution in [0.5, 0.6) is 0 Å². The summed E-state index contributed by atoms with van der Waals surface area (Å²) in [5, 5.41) is 0. The summed E-state index contributed by atoms with van der Waals surface area (Å²) < 4.78 is 4.39. The van der Waals surface area contributed by atoms with Gasteiger partial charge in [-0.1, -0.05) is 6.58 Å². The van der Waals surface area contributed by atoms with E-state index in [0.717, 1.165) is 0 Å². The van der Waals surface area contributed by atoms with E-state index in [9.17, 15) is 0 Å². The summed E-state index contributed by atoms with van der Waals surface area (Å²) in [6, 6.07) is 0. The molecule has 0 spiro atoms. The Balaban J connectivity index is 3.05. The van der Waals surface area contributed by atoms with E-state index in [4.69, 9.17) is 5.73 Å². The molecule has 2 heteroatoms. The summed E-state index contributed by atoms with van der Waals surface area (Å²) in [5.41, 5.74) is 4.92. The summed E-state index contributed by atoms with van der Waals surface area (Å²) in [5.74, 6) is 0.171. The molecule has 0 atom stereocenters. The van der Waals surface area contributed by atoms with E-state index in [1.807, 2.05) is 0 Å². The lowest BCUT2D eigenvalue weighted by Gasteiger charge is -1.90. The van der Waals surface area contributed by atoms with Gasteiger partial charge in [-0.05, 0) is 6.58 Å².